The first-order chi connectivity index (χ1) is 40.9. The molecule has 0 aliphatic heterocycles. The predicted molar refractivity (Wildman–Crippen MR) is 353 cm³/mol. The van der Waals surface area contributed by atoms with Crippen molar-refractivity contribution < 1.29 is 9.47 Å². The summed E-state index contributed by atoms with van der Waals surface area (Å²) in [7, 11) is 0. The topological polar surface area (TPSA) is 24.9 Å². The van der Waals surface area contributed by atoms with Crippen molar-refractivity contribution in [3.05, 3.63) is 298 Å². The number of para-hydroxylation sites is 4. The van der Waals surface area contributed by atoms with Gasteiger partial charge in [0.05, 0.1) is 18.6 Å². The van der Waals surface area contributed by atoms with Gasteiger partial charge in [-0.15, -0.1) is 0 Å². The number of benzene rings is 10. The maximum atomic E-state index is 6.80. The van der Waals surface area contributed by atoms with Crippen LogP contribution in [0.2, 0.25) is 0 Å². The van der Waals surface area contributed by atoms with E-state index in [1.807, 2.05) is 0 Å². The smallest absolute Gasteiger partial charge is 0.126 e. The lowest BCUT2D eigenvalue weighted by molar-refractivity contribution is 0.304. The first-order valence-corrected chi connectivity index (χ1v) is 30.1. The van der Waals surface area contributed by atoms with Crippen LogP contribution < -0.4 is 19.3 Å². The number of aryl methyl sites for hydroxylation is 2. The summed E-state index contributed by atoms with van der Waals surface area (Å²) in [5.41, 5.74) is 20.1. The Morgan fingerprint density at radius 1 is 0.337 bits per heavy atom. The van der Waals surface area contributed by atoms with Crippen LogP contribution in [0.5, 0.6) is 11.5 Å². The van der Waals surface area contributed by atoms with Gasteiger partial charge >= 0.3 is 0 Å². The van der Waals surface area contributed by atoms with Crippen LogP contribution in [0, 0.1) is 13.8 Å². The number of hydrogen-bond acceptors (Lipinski definition) is 4. The van der Waals surface area contributed by atoms with Gasteiger partial charge in [0.25, 0.3) is 0 Å². The van der Waals surface area contributed by atoms with Gasteiger partial charge in [-0.1, -0.05) is 233 Å². The molecule has 0 fully saturated rings. The van der Waals surface area contributed by atoms with Crippen molar-refractivity contribution in [2.45, 2.75) is 84.5 Å². The molecule has 0 spiro atoms. The number of unbranched alkanes of at least 4 members (excludes halogenated alkanes) is 6. The summed E-state index contributed by atoms with van der Waals surface area (Å²) in [6, 6.07) is 88.1. The van der Waals surface area contributed by atoms with Gasteiger partial charge in [0.15, 0.2) is 0 Å². The van der Waals surface area contributed by atoms with E-state index in [0.717, 1.165) is 93.6 Å². The number of fused-ring (bicyclic) bond motifs is 3. The maximum absolute atomic E-state index is 6.80. The minimum Gasteiger partial charge on any atom is -0.493 e. The Balaban J connectivity index is 1.02. The molecular weight excluding hydrogens is 1010 g/mol. The summed E-state index contributed by atoms with van der Waals surface area (Å²) in [6.45, 7) is 10.3. The third-order valence-corrected chi connectivity index (χ3v) is 16.1. The monoisotopic (exact) mass is 1080 g/mol. The zero-order valence-corrected chi connectivity index (χ0v) is 48.7. The molecule has 0 radical (unpaired) electrons. The molecule has 0 heterocycles. The number of nitrogens with zero attached hydrogens (tertiary/aromatic N) is 2. The molecule has 0 saturated carbocycles. The largest absolute Gasteiger partial charge is 0.493 e. The van der Waals surface area contributed by atoms with Crippen molar-refractivity contribution in [2.24, 2.45) is 0 Å². The number of anilines is 6. The molecule has 0 saturated heterocycles. The van der Waals surface area contributed by atoms with Crippen LogP contribution in [-0.4, -0.2) is 13.2 Å². The molecule has 83 heavy (non-hydrogen) atoms. The molecule has 1 aliphatic carbocycles. The van der Waals surface area contributed by atoms with E-state index in [2.05, 4.69) is 304 Å². The van der Waals surface area contributed by atoms with Gasteiger partial charge < -0.3 is 19.3 Å². The second kappa shape index (κ2) is 26.6. The van der Waals surface area contributed by atoms with E-state index in [0.29, 0.717) is 13.2 Å². The lowest BCUT2D eigenvalue weighted by Gasteiger charge is -2.35. The molecule has 414 valence electrons. The zero-order valence-electron chi connectivity index (χ0n) is 48.7. The van der Waals surface area contributed by atoms with E-state index in [9.17, 15) is 0 Å². The van der Waals surface area contributed by atoms with Crippen LogP contribution in [0.1, 0.15) is 121 Å². The Hall–Kier alpha value is -9.12. The molecule has 0 unspecified atom stereocenters. The van der Waals surface area contributed by atoms with Crippen LogP contribution in [0.4, 0.5) is 34.1 Å². The molecule has 11 rings (SSSR count). The average Bonchev–Trinajstić information content (AvgIpc) is 2.29. The van der Waals surface area contributed by atoms with Gasteiger partial charge in [0.1, 0.15) is 11.5 Å². The number of ether oxygens (including phenoxy) is 2. The van der Waals surface area contributed by atoms with Gasteiger partial charge in [0, 0.05) is 45.3 Å². The molecule has 0 bridgehead atoms. The third kappa shape index (κ3) is 12.5. The lowest BCUT2D eigenvalue weighted by atomic mass is 9.66. The Labute approximate surface area is 493 Å². The Bertz CT molecular complexity index is 3450. The fourth-order valence-electron chi connectivity index (χ4n) is 11.9. The predicted octanol–water partition coefficient (Wildman–Crippen LogP) is 21.9. The fraction of sp³-hybridized carbons (Fsp3) is 0.190. The highest BCUT2D eigenvalue weighted by atomic mass is 16.5. The Morgan fingerprint density at radius 3 is 1.04 bits per heavy atom. The molecule has 10 aromatic carbocycles. The highest BCUT2D eigenvalue weighted by Crippen LogP contribution is 2.57. The van der Waals surface area contributed by atoms with E-state index >= 15 is 0 Å². The van der Waals surface area contributed by atoms with E-state index in [4.69, 9.17) is 9.47 Å². The fourth-order valence-corrected chi connectivity index (χ4v) is 11.9. The first kappa shape index (κ1) is 55.8. The first-order valence-electron chi connectivity index (χ1n) is 30.1. The quantitative estimate of drug-likeness (QED) is 0.0445. The number of rotatable bonds is 24. The van der Waals surface area contributed by atoms with Crippen LogP contribution in [0.15, 0.2) is 243 Å². The average molecular weight is 1090 g/mol. The van der Waals surface area contributed by atoms with E-state index in [1.54, 1.807) is 0 Å². The van der Waals surface area contributed by atoms with E-state index in [-0.39, 0.29) is 0 Å². The SMILES string of the molecule is CCCCCCOc1ccc(C2(c3ccc(OCCCCCC)c(/C=C/c4ccc(N(c5ccccc5)c5ccccc5)cc4)c3)c3cc(C)ccc3-c3ccc(C)cc32)cc1/C=C/c1ccc(N(c2ccccc2)c2ccccc2)cc1. The van der Waals surface area contributed by atoms with E-state index < -0.39 is 5.41 Å². The van der Waals surface area contributed by atoms with Gasteiger partial charge in [-0.3, -0.25) is 0 Å². The standard InChI is InChI=1S/C79H76N2O2/c1-5-7-9-23-53-82-77-51-43-65(57-63(77)41-35-61-37-45-71(46-38-61)80(67-25-15-11-16-26-67)68-27-17-12-18-28-68)79(75-55-59(3)33-49-73(75)74-50-34-60(4)56-76(74)79)66-44-52-78(83-54-24-10-8-6-2)64(58-66)42-36-62-39-47-72(48-40-62)81(69-29-19-13-20-30-69)70-31-21-14-22-32-70/h11-22,25-52,55-58H,5-10,23-24,53-54H2,1-4H3/b41-35+,42-36+. The van der Waals surface area contributed by atoms with Crippen LogP contribution in [0.3, 0.4) is 0 Å². The molecular formula is C79H76N2O2. The third-order valence-electron chi connectivity index (χ3n) is 16.1. The minimum atomic E-state index is -0.687. The molecule has 10 aromatic rings. The van der Waals surface area contributed by atoms with Crippen molar-refractivity contribution in [2.75, 3.05) is 23.0 Å². The van der Waals surface area contributed by atoms with Crippen LogP contribution in [0.25, 0.3) is 35.4 Å². The molecule has 4 nitrogen and oxygen atoms in total. The molecule has 1 aliphatic rings. The minimum absolute atomic E-state index is 0.662. The molecule has 4 heteroatoms. The normalized spacial score (nSPS) is 12.3. The van der Waals surface area contributed by atoms with Gasteiger partial charge in [-0.05, 0) is 168 Å². The van der Waals surface area contributed by atoms with E-state index in [1.165, 1.54) is 70.2 Å². The zero-order chi connectivity index (χ0) is 56.8. The van der Waals surface area contributed by atoms with Crippen molar-refractivity contribution >= 4 is 58.4 Å². The van der Waals surface area contributed by atoms with Gasteiger partial charge in [0.2, 0.25) is 0 Å². The second-order valence-corrected chi connectivity index (χ2v) is 22.0. The second-order valence-electron chi connectivity index (χ2n) is 22.0. The summed E-state index contributed by atoms with van der Waals surface area (Å²) in [5, 5.41) is 0. The summed E-state index contributed by atoms with van der Waals surface area (Å²) in [6.07, 6.45) is 18.1. The Kier molecular flexibility index (Phi) is 17.9. The summed E-state index contributed by atoms with van der Waals surface area (Å²) >= 11 is 0. The number of hydrogen-bond donors (Lipinski definition) is 0. The highest BCUT2D eigenvalue weighted by molar-refractivity contribution is 5.89. The molecule has 0 aromatic heterocycles. The Morgan fingerprint density at radius 2 is 0.687 bits per heavy atom. The summed E-state index contributed by atoms with van der Waals surface area (Å²) in [4.78, 5) is 4.61. The molecule has 0 N–H and O–H groups in total. The van der Waals surface area contributed by atoms with Crippen molar-refractivity contribution in [1.29, 1.82) is 0 Å². The lowest BCUT2D eigenvalue weighted by Crippen LogP contribution is -2.29. The molecule has 0 amide bonds. The van der Waals surface area contributed by atoms with Gasteiger partial charge in [-0.2, -0.15) is 0 Å². The summed E-state index contributed by atoms with van der Waals surface area (Å²) < 4.78 is 13.6. The van der Waals surface area contributed by atoms with Crippen LogP contribution in [-0.2, 0) is 5.41 Å². The summed E-state index contributed by atoms with van der Waals surface area (Å²) in [5.74, 6) is 1.77. The van der Waals surface area contributed by atoms with Crippen molar-refractivity contribution in [1.82, 2.24) is 0 Å². The van der Waals surface area contributed by atoms with Gasteiger partial charge in [-0.25, -0.2) is 0 Å². The van der Waals surface area contributed by atoms with Crippen molar-refractivity contribution in [3.8, 4) is 22.6 Å². The maximum Gasteiger partial charge on any atom is 0.126 e. The highest BCUT2D eigenvalue weighted by Gasteiger charge is 2.47. The van der Waals surface area contributed by atoms with Crippen LogP contribution >= 0.6 is 0 Å². The molecule has 0 atom stereocenters. The van der Waals surface area contributed by atoms with Crippen molar-refractivity contribution in [3.63, 3.8) is 0 Å².